The number of aliphatic hydroxyl groups is 1. The van der Waals surface area contributed by atoms with Crippen LogP contribution >= 0.6 is 0 Å². The molecule has 3 heterocycles. The molecule has 8 heteroatoms. The van der Waals surface area contributed by atoms with Crippen molar-refractivity contribution in [2.24, 2.45) is 23.7 Å². The van der Waals surface area contributed by atoms with Crippen LogP contribution in [0.25, 0.3) is 0 Å². The predicted octanol–water partition coefficient (Wildman–Crippen LogP) is 3.97. The van der Waals surface area contributed by atoms with Gasteiger partial charge >= 0.3 is 5.97 Å². The van der Waals surface area contributed by atoms with Crippen molar-refractivity contribution in [3.05, 3.63) is 54.6 Å². The van der Waals surface area contributed by atoms with E-state index in [1.54, 1.807) is 15.9 Å². The third kappa shape index (κ3) is 4.49. The van der Waals surface area contributed by atoms with Gasteiger partial charge in [0.05, 0.1) is 24.2 Å². The van der Waals surface area contributed by atoms with E-state index >= 15 is 0 Å². The highest BCUT2D eigenvalue weighted by Crippen LogP contribution is 2.66. The number of anilines is 1. The number of amides is 2. The van der Waals surface area contributed by atoms with Crippen LogP contribution in [-0.4, -0.2) is 70.8 Å². The van der Waals surface area contributed by atoms with Crippen molar-refractivity contribution in [2.45, 2.75) is 77.7 Å². The fraction of sp³-hybridized carbons (Fsp3) is 0.594. The topological polar surface area (TPSA) is 96.4 Å². The maximum absolute atomic E-state index is 14.9. The molecule has 3 unspecified atom stereocenters. The third-order valence-electron chi connectivity index (χ3n) is 9.22. The molecule has 3 aliphatic heterocycles. The van der Waals surface area contributed by atoms with Crippen LogP contribution in [0.15, 0.2) is 43.5 Å². The van der Waals surface area contributed by atoms with Gasteiger partial charge in [-0.1, -0.05) is 57.7 Å². The highest BCUT2D eigenvalue weighted by atomic mass is 16.6. The molecular formula is C32H44N2O6. The number of para-hydroxylation sites is 1. The Hall–Kier alpha value is -2.97. The molecule has 4 rings (SSSR count). The first kappa shape index (κ1) is 30.0. The van der Waals surface area contributed by atoms with Gasteiger partial charge in [0, 0.05) is 12.2 Å². The molecule has 0 aliphatic carbocycles. The Bertz CT molecular complexity index is 1180. The monoisotopic (exact) mass is 552 g/mol. The van der Waals surface area contributed by atoms with E-state index in [2.05, 4.69) is 13.2 Å². The second-order valence-corrected chi connectivity index (χ2v) is 12.3. The summed E-state index contributed by atoms with van der Waals surface area (Å²) in [4.78, 5) is 46.1. The van der Waals surface area contributed by atoms with E-state index in [1.165, 1.54) is 6.08 Å². The Morgan fingerprint density at radius 2 is 1.90 bits per heavy atom. The summed E-state index contributed by atoms with van der Waals surface area (Å²) >= 11 is 0. The van der Waals surface area contributed by atoms with Crippen molar-refractivity contribution < 1.29 is 29.0 Å². The predicted molar refractivity (Wildman–Crippen MR) is 154 cm³/mol. The van der Waals surface area contributed by atoms with Crippen molar-refractivity contribution >= 4 is 23.5 Å². The fourth-order valence-corrected chi connectivity index (χ4v) is 7.56. The summed E-state index contributed by atoms with van der Waals surface area (Å²) in [5, 5.41) is 10.5. The zero-order valence-electron chi connectivity index (χ0n) is 24.7. The molecule has 8 nitrogen and oxygen atoms in total. The van der Waals surface area contributed by atoms with Gasteiger partial charge in [-0.15, -0.1) is 6.58 Å². The molecule has 7 atom stereocenters. The van der Waals surface area contributed by atoms with Crippen LogP contribution in [0.5, 0.6) is 0 Å². The Morgan fingerprint density at radius 3 is 2.45 bits per heavy atom. The summed E-state index contributed by atoms with van der Waals surface area (Å²) in [6, 6.07) is 4.21. The van der Waals surface area contributed by atoms with Gasteiger partial charge in [0.25, 0.3) is 5.91 Å². The average molecular weight is 553 g/mol. The van der Waals surface area contributed by atoms with Gasteiger partial charge in [0.15, 0.2) is 0 Å². The van der Waals surface area contributed by atoms with Crippen LogP contribution in [0.3, 0.4) is 0 Å². The fourth-order valence-electron chi connectivity index (χ4n) is 7.56. The molecule has 2 amide bonds. The summed E-state index contributed by atoms with van der Waals surface area (Å²) in [7, 11) is 0. The number of carbonyl (C=O) groups is 3. The molecule has 218 valence electrons. The van der Waals surface area contributed by atoms with E-state index in [4.69, 9.17) is 9.47 Å². The maximum atomic E-state index is 14.9. The summed E-state index contributed by atoms with van der Waals surface area (Å²) in [6.07, 6.45) is 4.10. The summed E-state index contributed by atoms with van der Waals surface area (Å²) < 4.78 is 12.3. The molecule has 0 aromatic heterocycles. The molecule has 1 aromatic carbocycles. The highest BCUT2D eigenvalue weighted by molar-refractivity contribution is 6.05. The number of likely N-dealkylation sites (tertiary alicyclic amines) is 1. The molecule has 1 spiro atoms. The quantitative estimate of drug-likeness (QED) is 0.330. The van der Waals surface area contributed by atoms with Crippen LogP contribution in [0.1, 0.15) is 51.7 Å². The number of aliphatic hydroxyl groups excluding tert-OH is 1. The first-order valence-corrected chi connectivity index (χ1v) is 14.3. The minimum absolute atomic E-state index is 0.0199. The van der Waals surface area contributed by atoms with Crippen molar-refractivity contribution in [1.82, 2.24) is 4.90 Å². The summed E-state index contributed by atoms with van der Waals surface area (Å²) in [6.45, 7) is 19.3. The molecular weight excluding hydrogens is 508 g/mol. The standard InChI is InChI=1S/C32H44N2O6/c1-9-14-33(26-20(5)12-11-13-21(26)6)29(37)27-32-17-22(7)31(8,40-32)25(30(38)39-15-10-2)24(32)28(36)34(27)23(18-35)16-19(3)4/h9-13,19,22-25,27,35H,1-2,14-18H2,3-8H3/t22?,23-,24+,25+,27?,31-,32?/m1/s1. The minimum Gasteiger partial charge on any atom is -0.461 e. The largest absolute Gasteiger partial charge is 0.461 e. The number of hydrogen-bond acceptors (Lipinski definition) is 6. The number of rotatable bonds is 11. The van der Waals surface area contributed by atoms with E-state index in [9.17, 15) is 19.5 Å². The van der Waals surface area contributed by atoms with Gasteiger partial charge in [-0.2, -0.15) is 0 Å². The Balaban J connectivity index is 1.91. The lowest BCUT2D eigenvalue weighted by atomic mass is 9.62. The van der Waals surface area contributed by atoms with Gasteiger partial charge in [-0.3, -0.25) is 14.4 Å². The van der Waals surface area contributed by atoms with Gasteiger partial charge in [0.2, 0.25) is 5.91 Å². The number of hydrogen-bond donors (Lipinski definition) is 1. The van der Waals surface area contributed by atoms with Gasteiger partial charge in [0.1, 0.15) is 24.2 Å². The van der Waals surface area contributed by atoms with Gasteiger partial charge < -0.3 is 24.4 Å². The molecule has 3 fully saturated rings. The molecule has 3 saturated heterocycles. The molecule has 0 saturated carbocycles. The second kappa shape index (κ2) is 11.1. The third-order valence-corrected chi connectivity index (χ3v) is 9.22. The number of fused-ring (bicyclic) bond motifs is 1. The number of aryl methyl sites for hydroxylation is 2. The van der Waals surface area contributed by atoms with E-state index < -0.39 is 41.1 Å². The van der Waals surface area contributed by atoms with E-state index in [0.717, 1.165) is 16.8 Å². The summed E-state index contributed by atoms with van der Waals surface area (Å²) in [5.74, 6) is -2.90. The van der Waals surface area contributed by atoms with Crippen LogP contribution in [0, 0.1) is 37.5 Å². The first-order chi connectivity index (χ1) is 18.9. The molecule has 40 heavy (non-hydrogen) atoms. The molecule has 0 radical (unpaired) electrons. The van der Waals surface area contributed by atoms with Gasteiger partial charge in [-0.25, -0.2) is 0 Å². The highest BCUT2D eigenvalue weighted by Gasteiger charge is 2.80. The molecule has 2 bridgehead atoms. The van der Waals surface area contributed by atoms with Crippen molar-refractivity contribution in [3.63, 3.8) is 0 Å². The lowest BCUT2D eigenvalue weighted by molar-refractivity contribution is -0.161. The zero-order valence-corrected chi connectivity index (χ0v) is 24.7. The first-order valence-electron chi connectivity index (χ1n) is 14.3. The number of ether oxygens (including phenoxy) is 2. The van der Waals surface area contributed by atoms with Crippen molar-refractivity contribution in [2.75, 3.05) is 24.7 Å². The number of esters is 1. The van der Waals surface area contributed by atoms with Crippen LogP contribution in [0.2, 0.25) is 0 Å². The summed E-state index contributed by atoms with van der Waals surface area (Å²) in [5.41, 5.74) is 0.392. The second-order valence-electron chi connectivity index (χ2n) is 12.3. The van der Waals surface area contributed by atoms with Crippen LogP contribution in [0.4, 0.5) is 5.69 Å². The molecule has 1 N–H and O–H groups in total. The lowest BCUT2D eigenvalue weighted by Gasteiger charge is -2.40. The molecule has 1 aromatic rings. The number of nitrogens with zero attached hydrogens (tertiary/aromatic N) is 2. The van der Waals surface area contributed by atoms with Crippen molar-refractivity contribution in [3.8, 4) is 0 Å². The van der Waals surface area contributed by atoms with Crippen LogP contribution < -0.4 is 4.90 Å². The number of benzene rings is 1. The normalized spacial score (nSPS) is 31.3. The average Bonchev–Trinajstić information content (AvgIpc) is 3.41. The van der Waals surface area contributed by atoms with Crippen molar-refractivity contribution in [1.29, 1.82) is 0 Å². The molecule has 3 aliphatic rings. The Morgan fingerprint density at radius 1 is 1.25 bits per heavy atom. The smallest absolute Gasteiger partial charge is 0.313 e. The van der Waals surface area contributed by atoms with E-state index in [1.807, 2.05) is 59.7 Å². The SMILES string of the molecule is C=CCOC(=O)[C@@H]1[C@H]2C(=O)N([C@@H](CO)CC(C)C)C(C(=O)N(CC=C)c3c(C)cccc3C)C23CC(C)[C@@]1(C)O3. The maximum Gasteiger partial charge on any atom is 0.313 e. The van der Waals surface area contributed by atoms with E-state index in [-0.39, 0.29) is 43.4 Å². The Kier molecular flexibility index (Phi) is 8.35. The lowest BCUT2D eigenvalue weighted by Crippen LogP contribution is -2.59. The minimum atomic E-state index is -1.24. The Labute approximate surface area is 238 Å². The number of carbonyl (C=O) groups excluding carboxylic acids is 3. The zero-order chi connectivity index (χ0) is 29.6. The van der Waals surface area contributed by atoms with Gasteiger partial charge in [-0.05, 0) is 56.6 Å². The van der Waals surface area contributed by atoms with E-state index in [0.29, 0.717) is 12.8 Å². The van der Waals surface area contributed by atoms with Crippen LogP contribution in [-0.2, 0) is 23.9 Å².